The molecule has 0 bridgehead atoms. The molecule has 3 rings (SSSR count). The molecule has 2 aromatic carbocycles. The van der Waals surface area contributed by atoms with Crippen LogP contribution in [0.5, 0.6) is 5.75 Å². The van der Waals surface area contributed by atoms with Crippen molar-refractivity contribution in [3.63, 3.8) is 0 Å². The van der Waals surface area contributed by atoms with Crippen LogP contribution in [-0.4, -0.2) is 12.5 Å². The third-order valence-electron chi connectivity index (χ3n) is 3.85. The minimum Gasteiger partial charge on any atom is -0.494 e. The number of hydrogen-bond donors (Lipinski definition) is 1. The molecule has 1 aromatic heterocycles. The normalized spacial score (nSPS) is 11.0. The molecular weight excluding hydrogens is 411 g/mol. The maximum absolute atomic E-state index is 12.4. The van der Waals surface area contributed by atoms with E-state index in [2.05, 4.69) is 5.32 Å². The molecule has 29 heavy (non-hydrogen) atoms. The van der Waals surface area contributed by atoms with E-state index in [0.717, 1.165) is 0 Å². The van der Waals surface area contributed by atoms with Gasteiger partial charge in [-0.2, -0.15) is 5.26 Å². The van der Waals surface area contributed by atoms with Crippen molar-refractivity contribution in [3.05, 3.63) is 76.0 Å². The molecule has 0 aliphatic carbocycles. The Balaban J connectivity index is 1.76. The predicted molar refractivity (Wildman–Crippen MR) is 114 cm³/mol. The zero-order valence-corrected chi connectivity index (χ0v) is 16.9. The summed E-state index contributed by atoms with van der Waals surface area (Å²) < 4.78 is 11.1. The minimum absolute atomic E-state index is 0.0936. The van der Waals surface area contributed by atoms with Crippen molar-refractivity contribution in [2.24, 2.45) is 0 Å². The summed E-state index contributed by atoms with van der Waals surface area (Å²) in [6.45, 7) is 2.44. The molecule has 0 spiro atoms. The summed E-state index contributed by atoms with van der Waals surface area (Å²) in [5.41, 5.74) is 1.15. The fourth-order valence-electron chi connectivity index (χ4n) is 2.57. The summed E-state index contributed by atoms with van der Waals surface area (Å²) in [5, 5.41) is 13.0. The number of amides is 1. The number of anilines is 1. The van der Waals surface area contributed by atoms with Crippen LogP contribution in [0.4, 0.5) is 5.69 Å². The first kappa shape index (κ1) is 20.5. The highest BCUT2D eigenvalue weighted by Gasteiger charge is 2.12. The van der Waals surface area contributed by atoms with E-state index in [9.17, 15) is 10.1 Å². The van der Waals surface area contributed by atoms with Gasteiger partial charge < -0.3 is 14.5 Å². The van der Waals surface area contributed by atoms with Crippen molar-refractivity contribution in [2.45, 2.75) is 6.92 Å². The van der Waals surface area contributed by atoms with E-state index in [4.69, 9.17) is 32.4 Å². The van der Waals surface area contributed by atoms with Crippen molar-refractivity contribution in [2.75, 3.05) is 11.9 Å². The second kappa shape index (κ2) is 9.33. The Hall–Kier alpha value is -3.20. The van der Waals surface area contributed by atoms with Crippen molar-refractivity contribution in [1.29, 1.82) is 5.26 Å². The highest BCUT2D eigenvalue weighted by molar-refractivity contribution is 6.35. The zero-order chi connectivity index (χ0) is 20.8. The minimum atomic E-state index is -0.541. The third kappa shape index (κ3) is 5.41. The molecule has 3 aromatic rings. The van der Waals surface area contributed by atoms with Crippen LogP contribution in [0.15, 0.2) is 64.6 Å². The Labute approximate surface area is 178 Å². The predicted octanol–water partition coefficient (Wildman–Crippen LogP) is 6.20. The number of furan rings is 1. The van der Waals surface area contributed by atoms with Gasteiger partial charge >= 0.3 is 0 Å². The first-order valence-corrected chi connectivity index (χ1v) is 9.46. The number of carbonyl (C=O) groups excluding carboxylic acids is 1. The number of carbonyl (C=O) groups is 1. The number of nitrogens with one attached hydrogen (secondary N) is 1. The lowest BCUT2D eigenvalue weighted by atomic mass is 10.2. The van der Waals surface area contributed by atoms with E-state index in [0.29, 0.717) is 45.2 Å². The number of ether oxygens (including phenoxy) is 1. The summed E-state index contributed by atoms with van der Waals surface area (Å²) in [5.74, 6) is 1.03. The molecule has 0 radical (unpaired) electrons. The van der Waals surface area contributed by atoms with Crippen LogP contribution in [0.2, 0.25) is 10.0 Å². The second-order valence-corrected chi connectivity index (χ2v) is 6.81. The molecule has 0 aliphatic heterocycles. The van der Waals surface area contributed by atoms with Gasteiger partial charge in [0.1, 0.15) is 28.9 Å². The van der Waals surface area contributed by atoms with Gasteiger partial charge in [-0.25, -0.2) is 0 Å². The highest BCUT2D eigenvalue weighted by atomic mass is 35.5. The zero-order valence-electron chi connectivity index (χ0n) is 15.4. The van der Waals surface area contributed by atoms with Crippen LogP contribution in [0.3, 0.4) is 0 Å². The number of nitrogens with zero attached hydrogens (tertiary/aromatic N) is 1. The third-order valence-corrected chi connectivity index (χ3v) is 4.29. The maximum Gasteiger partial charge on any atom is 0.266 e. The monoisotopic (exact) mass is 426 g/mol. The summed E-state index contributed by atoms with van der Waals surface area (Å²) in [6, 6.07) is 17.2. The van der Waals surface area contributed by atoms with Gasteiger partial charge in [0.05, 0.1) is 6.61 Å². The quantitative estimate of drug-likeness (QED) is 0.376. The maximum atomic E-state index is 12.4. The van der Waals surface area contributed by atoms with Crippen LogP contribution in [0.25, 0.3) is 17.4 Å². The van der Waals surface area contributed by atoms with Crippen LogP contribution >= 0.6 is 23.2 Å². The number of benzene rings is 2. The standard InChI is InChI=1S/C22H16Cl2N2O3/c1-2-28-19-5-3-18(4-6-19)26-22(27)15(13-25)11-20-7-8-21(29-20)14-9-16(23)12-17(24)10-14/h3-12H,2H2,1H3,(H,26,27)/b15-11-. The van der Waals surface area contributed by atoms with Crippen molar-refractivity contribution >= 4 is 40.9 Å². The molecule has 0 atom stereocenters. The fourth-order valence-corrected chi connectivity index (χ4v) is 3.10. The van der Waals surface area contributed by atoms with Crippen LogP contribution in [0, 0.1) is 11.3 Å². The molecule has 0 saturated heterocycles. The lowest BCUT2D eigenvalue weighted by Gasteiger charge is -2.06. The molecular formula is C22H16Cl2N2O3. The first-order chi connectivity index (χ1) is 14.0. The molecule has 7 heteroatoms. The van der Waals surface area contributed by atoms with Gasteiger partial charge in [-0.3, -0.25) is 4.79 Å². The topological polar surface area (TPSA) is 75.3 Å². The lowest BCUT2D eigenvalue weighted by molar-refractivity contribution is -0.112. The van der Waals surface area contributed by atoms with Gasteiger partial charge in [0, 0.05) is 27.4 Å². The largest absolute Gasteiger partial charge is 0.494 e. The molecule has 1 N–H and O–H groups in total. The molecule has 0 aliphatic rings. The number of hydrogen-bond acceptors (Lipinski definition) is 4. The van der Waals surface area contributed by atoms with Crippen LogP contribution in [-0.2, 0) is 4.79 Å². The molecule has 1 heterocycles. The lowest BCUT2D eigenvalue weighted by Crippen LogP contribution is -2.13. The van der Waals surface area contributed by atoms with Gasteiger partial charge in [-0.05, 0) is 61.5 Å². The molecule has 5 nitrogen and oxygen atoms in total. The summed E-state index contributed by atoms with van der Waals surface area (Å²) in [4.78, 5) is 12.4. The van der Waals surface area contributed by atoms with E-state index in [1.807, 2.05) is 13.0 Å². The number of nitriles is 1. The van der Waals surface area contributed by atoms with Crippen molar-refractivity contribution in [3.8, 4) is 23.1 Å². The Kier molecular flexibility index (Phi) is 6.61. The first-order valence-electron chi connectivity index (χ1n) is 8.71. The number of halogens is 2. The van der Waals surface area contributed by atoms with E-state index in [1.54, 1.807) is 54.6 Å². The Morgan fingerprint density at radius 1 is 1.14 bits per heavy atom. The van der Waals surface area contributed by atoms with E-state index in [1.165, 1.54) is 6.08 Å². The highest BCUT2D eigenvalue weighted by Crippen LogP contribution is 2.29. The smallest absolute Gasteiger partial charge is 0.266 e. The van der Waals surface area contributed by atoms with E-state index in [-0.39, 0.29) is 5.57 Å². The van der Waals surface area contributed by atoms with E-state index >= 15 is 0 Å². The van der Waals surface area contributed by atoms with Crippen molar-refractivity contribution in [1.82, 2.24) is 0 Å². The summed E-state index contributed by atoms with van der Waals surface area (Å²) in [7, 11) is 0. The Bertz CT molecular complexity index is 1080. The molecule has 1 amide bonds. The molecule has 146 valence electrons. The van der Waals surface area contributed by atoms with Gasteiger partial charge in [-0.15, -0.1) is 0 Å². The van der Waals surface area contributed by atoms with Crippen molar-refractivity contribution < 1.29 is 13.9 Å². The average Bonchev–Trinajstić information content (AvgIpc) is 3.16. The SMILES string of the molecule is CCOc1ccc(NC(=O)/C(C#N)=C\c2ccc(-c3cc(Cl)cc(Cl)c3)o2)cc1. The van der Waals surface area contributed by atoms with Crippen LogP contribution in [0.1, 0.15) is 12.7 Å². The molecule has 0 fully saturated rings. The van der Waals surface area contributed by atoms with Gasteiger partial charge in [0.2, 0.25) is 0 Å². The number of rotatable bonds is 6. The summed E-state index contributed by atoms with van der Waals surface area (Å²) >= 11 is 12.0. The molecule has 0 saturated carbocycles. The van der Waals surface area contributed by atoms with E-state index < -0.39 is 5.91 Å². The average molecular weight is 427 g/mol. The molecule has 0 unspecified atom stereocenters. The van der Waals surface area contributed by atoms with Gasteiger partial charge in [0.25, 0.3) is 5.91 Å². The van der Waals surface area contributed by atoms with Crippen LogP contribution < -0.4 is 10.1 Å². The summed E-state index contributed by atoms with van der Waals surface area (Å²) in [6.07, 6.45) is 1.37. The van der Waals surface area contributed by atoms with Gasteiger partial charge in [-0.1, -0.05) is 23.2 Å². The fraction of sp³-hybridized carbons (Fsp3) is 0.0909. The second-order valence-electron chi connectivity index (χ2n) is 5.94. The van der Waals surface area contributed by atoms with Gasteiger partial charge in [0.15, 0.2) is 0 Å². The Morgan fingerprint density at radius 3 is 2.45 bits per heavy atom. The Morgan fingerprint density at radius 2 is 1.83 bits per heavy atom.